The number of amides is 2. The van der Waals surface area contributed by atoms with Crippen molar-refractivity contribution in [3.8, 4) is 0 Å². The van der Waals surface area contributed by atoms with Gasteiger partial charge in [0, 0.05) is 18.6 Å². The van der Waals surface area contributed by atoms with Crippen molar-refractivity contribution in [3.05, 3.63) is 0 Å². The maximum atomic E-state index is 12.1. The molecule has 0 aromatic rings. The number of carbonyl (C=O) groups excluding carboxylic acids is 2. The Morgan fingerprint density at radius 1 is 1.11 bits per heavy atom. The minimum atomic E-state index is -0.726. The van der Waals surface area contributed by atoms with Gasteiger partial charge in [-0.2, -0.15) is 0 Å². The third-order valence-corrected chi connectivity index (χ3v) is 3.69. The van der Waals surface area contributed by atoms with Crippen LogP contribution in [0.25, 0.3) is 0 Å². The monoisotopic (exact) mass is 257 g/mol. The molecule has 0 rings (SSSR count). The number of nitrogens with zero attached hydrogens (tertiary/aromatic N) is 1. The lowest BCUT2D eigenvalue weighted by Crippen LogP contribution is -2.56. The minimum Gasteiger partial charge on any atom is -0.347 e. The number of nitrogens with two attached hydrogens (primary N) is 1. The van der Waals surface area contributed by atoms with Crippen LogP contribution < -0.4 is 11.1 Å². The van der Waals surface area contributed by atoms with E-state index >= 15 is 0 Å². The Kier molecular flexibility index (Phi) is 5.80. The van der Waals surface area contributed by atoms with Crippen LogP contribution >= 0.6 is 0 Å². The fourth-order valence-corrected chi connectivity index (χ4v) is 1.36. The second kappa shape index (κ2) is 6.18. The van der Waals surface area contributed by atoms with Crippen LogP contribution in [0.15, 0.2) is 0 Å². The molecule has 0 aliphatic rings. The second-order valence-electron chi connectivity index (χ2n) is 5.60. The Bertz CT molecular complexity index is 302. The van der Waals surface area contributed by atoms with E-state index in [-0.39, 0.29) is 18.4 Å². The third kappa shape index (κ3) is 3.98. The summed E-state index contributed by atoms with van der Waals surface area (Å²) < 4.78 is 0. The van der Waals surface area contributed by atoms with Crippen molar-refractivity contribution in [3.63, 3.8) is 0 Å². The van der Waals surface area contributed by atoms with E-state index in [1.54, 1.807) is 32.6 Å². The molecule has 0 saturated heterocycles. The number of likely N-dealkylation sites (N-methyl/N-ethyl adjacent to an activating group) is 1. The normalized spacial score (nSPS) is 12.2. The second-order valence-corrected chi connectivity index (χ2v) is 5.60. The Labute approximate surface area is 110 Å². The first kappa shape index (κ1) is 16.9. The van der Waals surface area contributed by atoms with Crippen LogP contribution in [-0.2, 0) is 9.59 Å². The molecule has 106 valence electrons. The minimum absolute atomic E-state index is 0.0278. The molecule has 0 aromatic heterocycles. The zero-order valence-electron chi connectivity index (χ0n) is 12.5. The van der Waals surface area contributed by atoms with Gasteiger partial charge in [-0.3, -0.25) is 9.59 Å². The topological polar surface area (TPSA) is 75.4 Å². The van der Waals surface area contributed by atoms with Crippen molar-refractivity contribution in [1.29, 1.82) is 0 Å². The van der Waals surface area contributed by atoms with Gasteiger partial charge in [0.25, 0.3) is 0 Å². The predicted molar refractivity (Wildman–Crippen MR) is 73.0 cm³/mol. The van der Waals surface area contributed by atoms with Gasteiger partial charge in [-0.1, -0.05) is 0 Å². The Morgan fingerprint density at radius 3 is 1.89 bits per heavy atom. The molecule has 18 heavy (non-hydrogen) atoms. The van der Waals surface area contributed by atoms with E-state index in [0.29, 0.717) is 13.1 Å². The van der Waals surface area contributed by atoms with E-state index < -0.39 is 11.0 Å². The Morgan fingerprint density at radius 2 is 1.56 bits per heavy atom. The molecule has 0 saturated carbocycles. The SMILES string of the molecule is CCN(CC)C(=O)CNC(=O)C(C)(C)C(C)(C)N. The van der Waals surface area contributed by atoms with Crippen LogP contribution in [0.5, 0.6) is 0 Å². The molecule has 0 atom stereocenters. The largest absolute Gasteiger partial charge is 0.347 e. The number of hydrogen-bond acceptors (Lipinski definition) is 3. The van der Waals surface area contributed by atoms with Gasteiger partial charge in [0.2, 0.25) is 11.8 Å². The molecule has 2 amide bonds. The van der Waals surface area contributed by atoms with E-state index in [0.717, 1.165) is 0 Å². The van der Waals surface area contributed by atoms with E-state index in [1.165, 1.54) is 0 Å². The lowest BCUT2D eigenvalue weighted by molar-refractivity contribution is -0.137. The molecule has 0 aliphatic carbocycles. The van der Waals surface area contributed by atoms with Crippen LogP contribution in [0, 0.1) is 5.41 Å². The van der Waals surface area contributed by atoms with E-state index in [2.05, 4.69) is 5.32 Å². The van der Waals surface area contributed by atoms with E-state index in [1.807, 2.05) is 13.8 Å². The van der Waals surface area contributed by atoms with E-state index in [4.69, 9.17) is 5.73 Å². The molecule has 3 N–H and O–H groups in total. The molecule has 5 heteroatoms. The first-order valence-corrected chi connectivity index (χ1v) is 6.42. The highest BCUT2D eigenvalue weighted by atomic mass is 16.2. The first-order chi connectivity index (χ1) is 8.07. The lowest BCUT2D eigenvalue weighted by atomic mass is 9.74. The number of hydrogen-bond donors (Lipinski definition) is 2. The standard InChI is InChI=1S/C13H27N3O2/c1-7-16(8-2)10(17)9-15-11(18)12(3,4)13(5,6)14/h7-9,14H2,1-6H3,(H,15,18). The van der Waals surface area contributed by atoms with Gasteiger partial charge in [-0.05, 0) is 41.5 Å². The van der Waals surface area contributed by atoms with Crippen LogP contribution in [0.4, 0.5) is 0 Å². The Hall–Kier alpha value is -1.10. The van der Waals surface area contributed by atoms with Crippen LogP contribution in [0.2, 0.25) is 0 Å². The fraction of sp³-hybridized carbons (Fsp3) is 0.846. The summed E-state index contributed by atoms with van der Waals surface area (Å²) in [6.07, 6.45) is 0. The van der Waals surface area contributed by atoms with Crippen molar-refractivity contribution in [1.82, 2.24) is 10.2 Å². The van der Waals surface area contributed by atoms with Crippen molar-refractivity contribution in [2.75, 3.05) is 19.6 Å². The molecule has 0 aliphatic heterocycles. The summed E-state index contributed by atoms with van der Waals surface area (Å²) >= 11 is 0. The molecule has 0 unspecified atom stereocenters. The summed E-state index contributed by atoms with van der Waals surface area (Å²) in [4.78, 5) is 25.5. The number of rotatable bonds is 6. The molecule has 0 fully saturated rings. The summed E-state index contributed by atoms with van der Waals surface area (Å²) in [6.45, 7) is 12.3. The summed E-state index contributed by atoms with van der Waals surface area (Å²) in [7, 11) is 0. The summed E-state index contributed by atoms with van der Waals surface area (Å²) in [6, 6.07) is 0. The van der Waals surface area contributed by atoms with Gasteiger partial charge in [0.15, 0.2) is 0 Å². The number of nitrogens with one attached hydrogen (secondary N) is 1. The Balaban J connectivity index is 4.48. The molecule has 0 heterocycles. The van der Waals surface area contributed by atoms with Crippen LogP contribution in [0.3, 0.4) is 0 Å². The maximum Gasteiger partial charge on any atom is 0.241 e. The smallest absolute Gasteiger partial charge is 0.241 e. The zero-order valence-corrected chi connectivity index (χ0v) is 12.5. The first-order valence-electron chi connectivity index (χ1n) is 6.42. The van der Waals surface area contributed by atoms with E-state index in [9.17, 15) is 9.59 Å². The molecule has 0 radical (unpaired) electrons. The lowest BCUT2D eigenvalue weighted by Gasteiger charge is -2.37. The quantitative estimate of drug-likeness (QED) is 0.736. The third-order valence-electron chi connectivity index (χ3n) is 3.69. The highest BCUT2D eigenvalue weighted by Gasteiger charge is 2.40. The van der Waals surface area contributed by atoms with Gasteiger partial charge in [-0.15, -0.1) is 0 Å². The van der Waals surface area contributed by atoms with Crippen LogP contribution in [0.1, 0.15) is 41.5 Å². The zero-order chi connectivity index (χ0) is 14.6. The molecular weight excluding hydrogens is 230 g/mol. The number of carbonyl (C=O) groups is 2. The molecule has 0 bridgehead atoms. The van der Waals surface area contributed by atoms with Gasteiger partial charge < -0.3 is 16.0 Å². The molecule has 0 aromatic carbocycles. The van der Waals surface area contributed by atoms with Crippen molar-refractivity contribution < 1.29 is 9.59 Å². The van der Waals surface area contributed by atoms with Gasteiger partial charge in [0.05, 0.1) is 12.0 Å². The average Bonchev–Trinajstić information content (AvgIpc) is 2.25. The van der Waals surface area contributed by atoms with Gasteiger partial charge in [0.1, 0.15) is 0 Å². The van der Waals surface area contributed by atoms with Gasteiger partial charge >= 0.3 is 0 Å². The average molecular weight is 257 g/mol. The summed E-state index contributed by atoms with van der Waals surface area (Å²) in [5.74, 6) is -0.269. The highest BCUT2D eigenvalue weighted by molar-refractivity contribution is 5.88. The van der Waals surface area contributed by atoms with Crippen LogP contribution in [-0.4, -0.2) is 41.9 Å². The van der Waals surface area contributed by atoms with Crippen molar-refractivity contribution in [2.24, 2.45) is 11.1 Å². The van der Waals surface area contributed by atoms with Crippen molar-refractivity contribution in [2.45, 2.75) is 47.1 Å². The highest BCUT2D eigenvalue weighted by Crippen LogP contribution is 2.28. The molecule has 5 nitrogen and oxygen atoms in total. The summed E-state index contributed by atoms with van der Waals surface area (Å²) in [5, 5.41) is 2.67. The summed E-state index contributed by atoms with van der Waals surface area (Å²) in [5.41, 5.74) is 4.61. The molecule has 0 spiro atoms. The predicted octanol–water partition coefficient (Wildman–Crippen LogP) is 0.735. The van der Waals surface area contributed by atoms with Gasteiger partial charge in [-0.25, -0.2) is 0 Å². The van der Waals surface area contributed by atoms with Crippen molar-refractivity contribution >= 4 is 11.8 Å². The fourth-order valence-electron chi connectivity index (χ4n) is 1.36. The molecular formula is C13H27N3O2. The maximum absolute atomic E-state index is 12.1.